The molecule has 0 aromatic carbocycles. The lowest BCUT2D eigenvalue weighted by Crippen LogP contribution is -2.11. The van der Waals surface area contributed by atoms with Gasteiger partial charge in [0.1, 0.15) is 0 Å². The third-order valence-electron chi connectivity index (χ3n) is 3.07. The Bertz CT molecular complexity index is 284. The standard InChI is InChI=1S/C15H26O4/c1-2-3-4-5-6-7-10-13(15(18)19)11-8-9-12-14(16)17/h7,10,13H,2-6,8-9,11-12H2,1H3,(H,16,17)(H,18,19). The van der Waals surface area contributed by atoms with Gasteiger partial charge in [-0.05, 0) is 25.7 Å². The molecule has 0 aliphatic rings. The lowest BCUT2D eigenvalue weighted by Gasteiger charge is -2.06. The molecule has 0 saturated carbocycles. The highest BCUT2D eigenvalue weighted by atomic mass is 16.4. The molecule has 0 saturated heterocycles. The third kappa shape index (κ3) is 11.5. The van der Waals surface area contributed by atoms with Gasteiger partial charge in [-0.2, -0.15) is 0 Å². The van der Waals surface area contributed by atoms with Crippen LogP contribution in [0.15, 0.2) is 12.2 Å². The molecule has 0 heterocycles. The van der Waals surface area contributed by atoms with Crippen molar-refractivity contribution < 1.29 is 19.8 Å². The Morgan fingerprint density at radius 1 is 1.05 bits per heavy atom. The van der Waals surface area contributed by atoms with Crippen LogP contribution >= 0.6 is 0 Å². The van der Waals surface area contributed by atoms with Gasteiger partial charge in [-0.3, -0.25) is 9.59 Å². The number of hydrogen-bond donors (Lipinski definition) is 2. The molecule has 110 valence electrons. The molecular formula is C15H26O4. The summed E-state index contributed by atoms with van der Waals surface area (Å²) in [5.41, 5.74) is 0. The molecule has 4 heteroatoms. The first-order valence-corrected chi connectivity index (χ1v) is 7.19. The number of hydrogen-bond acceptors (Lipinski definition) is 2. The Morgan fingerprint density at radius 2 is 1.79 bits per heavy atom. The van der Waals surface area contributed by atoms with Gasteiger partial charge >= 0.3 is 11.9 Å². The van der Waals surface area contributed by atoms with E-state index in [1.165, 1.54) is 19.3 Å². The first-order valence-electron chi connectivity index (χ1n) is 7.19. The minimum Gasteiger partial charge on any atom is -0.481 e. The van der Waals surface area contributed by atoms with E-state index in [0.29, 0.717) is 19.3 Å². The number of rotatable bonds is 12. The van der Waals surface area contributed by atoms with E-state index < -0.39 is 17.9 Å². The molecule has 0 spiro atoms. The van der Waals surface area contributed by atoms with E-state index in [1.54, 1.807) is 6.08 Å². The Morgan fingerprint density at radius 3 is 2.37 bits per heavy atom. The Hall–Kier alpha value is -1.32. The smallest absolute Gasteiger partial charge is 0.310 e. The average molecular weight is 270 g/mol. The summed E-state index contributed by atoms with van der Waals surface area (Å²) in [7, 11) is 0. The quantitative estimate of drug-likeness (QED) is 0.417. The molecule has 0 bridgehead atoms. The Kier molecular flexibility index (Phi) is 10.9. The topological polar surface area (TPSA) is 74.6 Å². The van der Waals surface area contributed by atoms with Crippen molar-refractivity contribution in [3.63, 3.8) is 0 Å². The average Bonchev–Trinajstić information content (AvgIpc) is 2.35. The lowest BCUT2D eigenvalue weighted by molar-refractivity contribution is -0.140. The highest BCUT2D eigenvalue weighted by Crippen LogP contribution is 2.13. The molecule has 0 aromatic rings. The van der Waals surface area contributed by atoms with Gasteiger partial charge in [0.2, 0.25) is 0 Å². The van der Waals surface area contributed by atoms with Crippen LogP contribution in [0.4, 0.5) is 0 Å². The molecule has 0 aliphatic heterocycles. The third-order valence-corrected chi connectivity index (χ3v) is 3.07. The zero-order valence-corrected chi connectivity index (χ0v) is 11.8. The van der Waals surface area contributed by atoms with Crippen LogP contribution in [0, 0.1) is 5.92 Å². The van der Waals surface area contributed by atoms with Crippen LogP contribution in [0.1, 0.15) is 64.7 Å². The summed E-state index contributed by atoms with van der Waals surface area (Å²) in [6.45, 7) is 2.16. The van der Waals surface area contributed by atoms with E-state index in [9.17, 15) is 9.59 Å². The molecule has 0 rings (SSSR count). The van der Waals surface area contributed by atoms with E-state index in [1.807, 2.05) is 6.08 Å². The van der Waals surface area contributed by atoms with E-state index in [2.05, 4.69) is 6.92 Å². The predicted molar refractivity (Wildman–Crippen MR) is 75.1 cm³/mol. The number of unbranched alkanes of at least 4 members (excludes halogenated alkanes) is 5. The summed E-state index contributed by atoms with van der Waals surface area (Å²) in [6, 6.07) is 0. The second-order valence-corrected chi connectivity index (χ2v) is 4.86. The summed E-state index contributed by atoms with van der Waals surface area (Å²) < 4.78 is 0. The fraction of sp³-hybridized carbons (Fsp3) is 0.733. The fourth-order valence-electron chi connectivity index (χ4n) is 1.89. The monoisotopic (exact) mass is 270 g/mol. The van der Waals surface area contributed by atoms with Gasteiger partial charge in [-0.25, -0.2) is 0 Å². The van der Waals surface area contributed by atoms with Gasteiger partial charge in [0.15, 0.2) is 0 Å². The summed E-state index contributed by atoms with van der Waals surface area (Å²) >= 11 is 0. The van der Waals surface area contributed by atoms with Crippen molar-refractivity contribution in [2.24, 2.45) is 5.92 Å². The predicted octanol–water partition coefficient (Wildman–Crippen LogP) is 3.86. The molecule has 19 heavy (non-hydrogen) atoms. The van der Waals surface area contributed by atoms with Crippen LogP contribution in [-0.4, -0.2) is 22.2 Å². The molecule has 4 nitrogen and oxygen atoms in total. The molecule has 2 N–H and O–H groups in total. The van der Waals surface area contributed by atoms with Crippen molar-refractivity contribution in [1.29, 1.82) is 0 Å². The van der Waals surface area contributed by atoms with E-state index >= 15 is 0 Å². The van der Waals surface area contributed by atoms with E-state index in [0.717, 1.165) is 12.8 Å². The largest absolute Gasteiger partial charge is 0.481 e. The van der Waals surface area contributed by atoms with Gasteiger partial charge in [0.25, 0.3) is 0 Å². The second kappa shape index (κ2) is 11.8. The molecule has 0 aliphatic carbocycles. The first-order chi connectivity index (χ1) is 9.07. The van der Waals surface area contributed by atoms with Crippen molar-refractivity contribution in [3.8, 4) is 0 Å². The Balaban J connectivity index is 3.82. The minimum absolute atomic E-state index is 0.118. The normalized spacial score (nSPS) is 12.7. The summed E-state index contributed by atoms with van der Waals surface area (Å²) in [6.07, 6.45) is 11.2. The summed E-state index contributed by atoms with van der Waals surface area (Å²) in [5, 5.41) is 17.6. The molecule has 0 amide bonds. The van der Waals surface area contributed by atoms with Crippen LogP contribution in [0.2, 0.25) is 0 Å². The van der Waals surface area contributed by atoms with Gasteiger partial charge in [0.05, 0.1) is 5.92 Å². The maximum Gasteiger partial charge on any atom is 0.310 e. The van der Waals surface area contributed by atoms with Crippen LogP contribution in [0.5, 0.6) is 0 Å². The second-order valence-electron chi connectivity index (χ2n) is 4.86. The van der Waals surface area contributed by atoms with Crippen LogP contribution < -0.4 is 0 Å². The highest BCUT2D eigenvalue weighted by Gasteiger charge is 2.13. The van der Waals surface area contributed by atoms with Crippen molar-refractivity contribution >= 4 is 11.9 Å². The zero-order chi connectivity index (χ0) is 14.5. The maximum atomic E-state index is 11.0. The molecular weight excluding hydrogens is 244 g/mol. The van der Waals surface area contributed by atoms with Crippen molar-refractivity contribution in [2.75, 3.05) is 0 Å². The highest BCUT2D eigenvalue weighted by molar-refractivity contribution is 5.72. The van der Waals surface area contributed by atoms with Gasteiger partial charge in [0, 0.05) is 6.42 Å². The number of carboxylic acid groups (broad SMARTS) is 2. The van der Waals surface area contributed by atoms with Crippen LogP contribution in [-0.2, 0) is 9.59 Å². The molecule has 0 radical (unpaired) electrons. The number of allylic oxidation sites excluding steroid dienone is 1. The number of carbonyl (C=O) groups is 2. The number of carboxylic acids is 2. The SMILES string of the molecule is CCCCCCC=CC(CCCCC(=O)O)C(=O)O. The van der Waals surface area contributed by atoms with Crippen molar-refractivity contribution in [3.05, 3.63) is 12.2 Å². The van der Waals surface area contributed by atoms with E-state index in [4.69, 9.17) is 10.2 Å². The van der Waals surface area contributed by atoms with Crippen LogP contribution in [0.25, 0.3) is 0 Å². The lowest BCUT2D eigenvalue weighted by atomic mass is 10.00. The fourth-order valence-corrected chi connectivity index (χ4v) is 1.89. The van der Waals surface area contributed by atoms with Gasteiger partial charge in [-0.15, -0.1) is 0 Å². The molecule has 0 fully saturated rings. The van der Waals surface area contributed by atoms with Crippen molar-refractivity contribution in [1.82, 2.24) is 0 Å². The van der Waals surface area contributed by atoms with Crippen molar-refractivity contribution in [2.45, 2.75) is 64.7 Å². The van der Waals surface area contributed by atoms with Crippen LogP contribution in [0.3, 0.4) is 0 Å². The first kappa shape index (κ1) is 17.7. The van der Waals surface area contributed by atoms with Gasteiger partial charge < -0.3 is 10.2 Å². The minimum atomic E-state index is -0.821. The van der Waals surface area contributed by atoms with Gasteiger partial charge in [-0.1, -0.05) is 44.8 Å². The summed E-state index contributed by atoms with van der Waals surface area (Å²) in [5.74, 6) is -2.11. The molecule has 1 atom stereocenters. The number of aliphatic carboxylic acids is 2. The zero-order valence-electron chi connectivity index (χ0n) is 11.8. The van der Waals surface area contributed by atoms with E-state index in [-0.39, 0.29) is 6.42 Å². The summed E-state index contributed by atoms with van der Waals surface area (Å²) in [4.78, 5) is 21.4. The maximum absolute atomic E-state index is 11.0. The molecule has 0 aromatic heterocycles. The Labute approximate surface area is 115 Å². The molecule has 1 unspecified atom stereocenters.